The molecule has 0 saturated heterocycles. The van der Waals surface area contributed by atoms with Crippen molar-refractivity contribution in [3.8, 4) is 5.75 Å². The molecule has 2 aromatic rings. The zero-order valence-electron chi connectivity index (χ0n) is 10.6. The van der Waals surface area contributed by atoms with Crippen LogP contribution in [0.3, 0.4) is 0 Å². The van der Waals surface area contributed by atoms with Gasteiger partial charge < -0.3 is 4.74 Å². The number of sulfonamides is 1. The van der Waals surface area contributed by atoms with Crippen LogP contribution in [0.1, 0.15) is 0 Å². The smallest absolute Gasteiger partial charge is 0.262 e. The molecule has 1 aromatic carbocycles. The minimum absolute atomic E-state index is 0.0243. The van der Waals surface area contributed by atoms with Crippen molar-refractivity contribution in [3.05, 3.63) is 44.6 Å². The predicted octanol–water partition coefficient (Wildman–Crippen LogP) is 4.07. The molecule has 1 aromatic heterocycles. The predicted molar refractivity (Wildman–Crippen MR) is 88.4 cm³/mol. The minimum Gasteiger partial charge on any atom is -0.495 e. The van der Waals surface area contributed by atoms with E-state index in [1.165, 1.54) is 25.4 Å². The lowest BCUT2D eigenvalue weighted by molar-refractivity contribution is 0.412. The Morgan fingerprint density at radius 2 is 1.95 bits per heavy atom. The van der Waals surface area contributed by atoms with E-state index in [0.29, 0.717) is 20.4 Å². The van der Waals surface area contributed by atoms with Crippen molar-refractivity contribution in [2.24, 2.45) is 0 Å². The standard InChI is InChI=1S/C12H9Br2ClN2O3S/c1-20-11-6-10(8(13)5-9(11)14)17-21(18,19)7-2-3-16-12(15)4-7/h2-6,17H,1H3. The highest BCUT2D eigenvalue weighted by molar-refractivity contribution is 9.11. The molecule has 0 saturated carbocycles. The fourth-order valence-corrected chi connectivity index (χ4v) is 4.23. The molecule has 0 bridgehead atoms. The molecule has 9 heteroatoms. The Labute approximate surface area is 144 Å². The molecule has 0 amide bonds. The SMILES string of the molecule is COc1cc(NS(=O)(=O)c2ccnc(Cl)c2)c(Br)cc1Br. The number of methoxy groups -OCH3 is 1. The fourth-order valence-electron chi connectivity index (χ4n) is 1.52. The second-order valence-corrected chi connectivity index (χ2v) is 7.66. The van der Waals surface area contributed by atoms with Gasteiger partial charge in [0, 0.05) is 16.7 Å². The zero-order chi connectivity index (χ0) is 15.6. The van der Waals surface area contributed by atoms with Crippen molar-refractivity contribution in [2.45, 2.75) is 4.90 Å². The van der Waals surface area contributed by atoms with Gasteiger partial charge in [0.2, 0.25) is 0 Å². The largest absolute Gasteiger partial charge is 0.495 e. The summed E-state index contributed by atoms with van der Waals surface area (Å²) in [4.78, 5) is 3.78. The molecule has 112 valence electrons. The summed E-state index contributed by atoms with van der Waals surface area (Å²) < 4.78 is 33.5. The van der Waals surface area contributed by atoms with E-state index < -0.39 is 10.0 Å². The third-order valence-corrected chi connectivity index (χ3v) is 5.34. The van der Waals surface area contributed by atoms with Crippen molar-refractivity contribution < 1.29 is 13.2 Å². The molecule has 21 heavy (non-hydrogen) atoms. The van der Waals surface area contributed by atoms with E-state index in [1.807, 2.05) is 0 Å². The van der Waals surface area contributed by atoms with Crippen LogP contribution in [0.2, 0.25) is 5.15 Å². The summed E-state index contributed by atoms with van der Waals surface area (Å²) in [5.74, 6) is 0.503. The van der Waals surface area contributed by atoms with Crippen LogP contribution in [0.4, 0.5) is 5.69 Å². The van der Waals surface area contributed by atoms with E-state index in [-0.39, 0.29) is 10.0 Å². The molecule has 0 spiro atoms. The number of benzene rings is 1. The Balaban J connectivity index is 2.41. The summed E-state index contributed by atoms with van der Waals surface area (Å²) in [6.45, 7) is 0. The maximum Gasteiger partial charge on any atom is 0.262 e. The second-order valence-electron chi connectivity index (χ2n) is 3.89. The zero-order valence-corrected chi connectivity index (χ0v) is 15.3. The Hall–Kier alpha value is -0.830. The van der Waals surface area contributed by atoms with E-state index in [0.717, 1.165) is 0 Å². The topological polar surface area (TPSA) is 68.3 Å². The third-order valence-electron chi connectivity index (χ3n) is 2.49. The maximum atomic E-state index is 12.3. The average Bonchev–Trinajstić information content (AvgIpc) is 2.42. The number of halogens is 3. The van der Waals surface area contributed by atoms with Crippen LogP contribution < -0.4 is 9.46 Å². The first-order valence-electron chi connectivity index (χ1n) is 5.51. The number of aromatic nitrogens is 1. The lowest BCUT2D eigenvalue weighted by Gasteiger charge is -2.12. The molecule has 1 heterocycles. The molecule has 0 unspecified atom stereocenters. The lowest BCUT2D eigenvalue weighted by atomic mass is 10.3. The van der Waals surface area contributed by atoms with Crippen molar-refractivity contribution in [3.63, 3.8) is 0 Å². The van der Waals surface area contributed by atoms with Crippen LogP contribution in [0.15, 0.2) is 44.3 Å². The normalized spacial score (nSPS) is 11.2. The van der Waals surface area contributed by atoms with Gasteiger partial charge in [0.25, 0.3) is 10.0 Å². The van der Waals surface area contributed by atoms with Gasteiger partial charge in [-0.3, -0.25) is 4.72 Å². The fraction of sp³-hybridized carbons (Fsp3) is 0.0833. The van der Waals surface area contributed by atoms with Gasteiger partial charge in [0.1, 0.15) is 10.9 Å². The number of nitrogens with one attached hydrogen (secondary N) is 1. The number of rotatable bonds is 4. The van der Waals surface area contributed by atoms with Crippen molar-refractivity contribution >= 4 is 59.2 Å². The van der Waals surface area contributed by atoms with Crippen molar-refractivity contribution in [2.75, 3.05) is 11.8 Å². The molecule has 2 rings (SSSR count). The molecule has 5 nitrogen and oxygen atoms in total. The molecule has 0 atom stereocenters. The first-order chi connectivity index (χ1) is 9.83. The molecule has 0 radical (unpaired) electrons. The van der Waals surface area contributed by atoms with Crippen LogP contribution in [0.25, 0.3) is 0 Å². The van der Waals surface area contributed by atoms with E-state index in [4.69, 9.17) is 16.3 Å². The molecule has 0 aliphatic carbocycles. The number of hydrogen-bond donors (Lipinski definition) is 1. The summed E-state index contributed by atoms with van der Waals surface area (Å²) in [5.41, 5.74) is 0.350. The quantitative estimate of drug-likeness (QED) is 0.705. The van der Waals surface area contributed by atoms with Crippen LogP contribution in [0.5, 0.6) is 5.75 Å². The second kappa shape index (κ2) is 6.51. The van der Waals surface area contributed by atoms with Gasteiger partial charge in [0.05, 0.1) is 22.2 Å². The van der Waals surface area contributed by atoms with Crippen molar-refractivity contribution in [1.29, 1.82) is 0 Å². The van der Waals surface area contributed by atoms with Crippen LogP contribution in [0, 0.1) is 0 Å². The lowest BCUT2D eigenvalue weighted by Crippen LogP contribution is -2.13. The Morgan fingerprint density at radius 1 is 1.24 bits per heavy atom. The molecule has 0 aliphatic heterocycles. The molecule has 1 N–H and O–H groups in total. The maximum absolute atomic E-state index is 12.3. The van der Waals surface area contributed by atoms with Crippen LogP contribution >= 0.6 is 43.5 Å². The van der Waals surface area contributed by atoms with Gasteiger partial charge in [-0.15, -0.1) is 0 Å². The average molecular weight is 457 g/mol. The van der Waals surface area contributed by atoms with Gasteiger partial charge in [-0.05, 0) is 50.1 Å². The summed E-state index contributed by atoms with van der Waals surface area (Å²) in [7, 11) is -2.28. The number of pyridine rings is 1. The highest BCUT2D eigenvalue weighted by atomic mass is 79.9. The summed E-state index contributed by atoms with van der Waals surface area (Å²) in [6.07, 6.45) is 1.33. The van der Waals surface area contributed by atoms with Gasteiger partial charge in [-0.25, -0.2) is 13.4 Å². The Bertz CT molecular complexity index is 784. The summed E-state index contributed by atoms with van der Waals surface area (Å²) in [6, 6.07) is 5.89. The van der Waals surface area contributed by atoms with Gasteiger partial charge in [-0.2, -0.15) is 0 Å². The molecular formula is C12H9Br2ClN2O3S. The van der Waals surface area contributed by atoms with Gasteiger partial charge >= 0.3 is 0 Å². The number of nitrogens with zero attached hydrogens (tertiary/aromatic N) is 1. The number of anilines is 1. The minimum atomic E-state index is -3.77. The first kappa shape index (κ1) is 16.5. The summed E-state index contributed by atoms with van der Waals surface area (Å²) >= 11 is 12.3. The van der Waals surface area contributed by atoms with Crippen LogP contribution in [-0.4, -0.2) is 20.5 Å². The van der Waals surface area contributed by atoms with Crippen molar-refractivity contribution in [1.82, 2.24) is 4.98 Å². The number of hydrogen-bond acceptors (Lipinski definition) is 4. The van der Waals surface area contributed by atoms with E-state index in [9.17, 15) is 8.42 Å². The van der Waals surface area contributed by atoms with E-state index in [1.54, 1.807) is 12.1 Å². The first-order valence-corrected chi connectivity index (χ1v) is 8.95. The van der Waals surface area contributed by atoms with Gasteiger partial charge in [0.15, 0.2) is 0 Å². The molecule has 0 aliphatic rings. The molecular weight excluding hydrogens is 447 g/mol. The number of ether oxygens (including phenoxy) is 1. The Morgan fingerprint density at radius 3 is 2.57 bits per heavy atom. The van der Waals surface area contributed by atoms with E-state index >= 15 is 0 Å². The highest BCUT2D eigenvalue weighted by Gasteiger charge is 2.17. The summed E-state index contributed by atoms with van der Waals surface area (Å²) in [5, 5.41) is 0.102. The van der Waals surface area contributed by atoms with E-state index in [2.05, 4.69) is 41.6 Å². The third kappa shape index (κ3) is 3.88. The Kier molecular flexibility index (Phi) is 5.13. The molecule has 0 fully saturated rings. The van der Waals surface area contributed by atoms with Gasteiger partial charge in [-0.1, -0.05) is 11.6 Å². The monoisotopic (exact) mass is 454 g/mol. The van der Waals surface area contributed by atoms with Crippen LogP contribution in [-0.2, 0) is 10.0 Å². The highest BCUT2D eigenvalue weighted by Crippen LogP contribution is 2.35.